The maximum atomic E-state index is 11.9. The molecule has 0 unspecified atom stereocenters. The van der Waals surface area contributed by atoms with Gasteiger partial charge in [0.05, 0.1) is 17.9 Å². The van der Waals surface area contributed by atoms with Gasteiger partial charge in [0.15, 0.2) is 16.4 Å². The van der Waals surface area contributed by atoms with Gasteiger partial charge in [-0.1, -0.05) is 42.5 Å². The van der Waals surface area contributed by atoms with Crippen molar-refractivity contribution in [1.29, 1.82) is 0 Å². The summed E-state index contributed by atoms with van der Waals surface area (Å²) >= 11 is 0. The predicted octanol–water partition coefficient (Wildman–Crippen LogP) is 1.23. The van der Waals surface area contributed by atoms with E-state index in [1.807, 2.05) is 42.5 Å². The molecular weight excluding hydrogens is 342 g/mol. The topological polar surface area (TPSA) is 89.5 Å². The van der Waals surface area contributed by atoms with Crippen LogP contribution in [0.5, 0.6) is 0 Å². The Morgan fingerprint density at radius 2 is 1.88 bits per heavy atom. The fraction of sp³-hybridized carbons (Fsp3) is 0.333. The molecule has 0 spiro atoms. The average Bonchev–Trinajstić information content (AvgIpc) is 2.91. The average molecular weight is 361 g/mol. The van der Waals surface area contributed by atoms with Crippen LogP contribution in [0.1, 0.15) is 12.0 Å². The van der Waals surface area contributed by atoms with Crippen molar-refractivity contribution in [3.63, 3.8) is 0 Å². The third-order valence-electron chi connectivity index (χ3n) is 4.12. The van der Waals surface area contributed by atoms with Crippen LogP contribution in [0.15, 0.2) is 42.5 Å². The van der Waals surface area contributed by atoms with Crippen LogP contribution in [-0.2, 0) is 30.6 Å². The van der Waals surface area contributed by atoms with Gasteiger partial charge >= 0.3 is 5.97 Å². The maximum absolute atomic E-state index is 11.9. The van der Waals surface area contributed by atoms with Crippen LogP contribution < -0.4 is 5.32 Å². The van der Waals surface area contributed by atoms with Crippen molar-refractivity contribution in [2.45, 2.75) is 18.9 Å². The van der Waals surface area contributed by atoms with E-state index in [-0.39, 0.29) is 17.9 Å². The Labute approximate surface area is 146 Å². The molecule has 0 aromatic heterocycles. The molecule has 0 aliphatic carbocycles. The second-order valence-corrected chi connectivity index (χ2v) is 8.42. The molecule has 1 fully saturated rings. The normalized spacial score (nSPS) is 18.8. The molecule has 6 nitrogen and oxygen atoms in total. The summed E-state index contributed by atoms with van der Waals surface area (Å²) in [5, 5.41) is 4.71. The van der Waals surface area contributed by atoms with Crippen LogP contribution in [0.4, 0.5) is 0 Å². The summed E-state index contributed by atoms with van der Waals surface area (Å²) in [4.78, 5) is 23.7. The summed E-state index contributed by atoms with van der Waals surface area (Å²) in [5.74, 6) is -0.942. The number of fused-ring (bicyclic) bond motifs is 1. The molecule has 1 atom stereocenters. The highest BCUT2D eigenvalue weighted by Gasteiger charge is 2.29. The summed E-state index contributed by atoms with van der Waals surface area (Å²) in [6, 6.07) is 13.1. The highest BCUT2D eigenvalue weighted by atomic mass is 32.2. The summed E-state index contributed by atoms with van der Waals surface area (Å²) in [7, 11) is -3.05. The van der Waals surface area contributed by atoms with Gasteiger partial charge < -0.3 is 10.1 Å². The SMILES string of the molecule is O=C(COC(=O)Cc1ccc2ccccc2c1)N[C@@H]1CCS(=O)(=O)C1. The van der Waals surface area contributed by atoms with Crippen LogP contribution in [0, 0.1) is 0 Å². The Bertz CT molecular complexity index is 907. The molecule has 0 saturated carbocycles. The molecule has 1 heterocycles. The quantitative estimate of drug-likeness (QED) is 0.809. The molecule has 3 rings (SSSR count). The van der Waals surface area contributed by atoms with Crippen molar-refractivity contribution >= 4 is 32.5 Å². The van der Waals surface area contributed by atoms with Gasteiger partial charge in [0.1, 0.15) is 0 Å². The molecule has 2 aromatic rings. The smallest absolute Gasteiger partial charge is 0.310 e. The lowest BCUT2D eigenvalue weighted by Crippen LogP contribution is -2.38. The van der Waals surface area contributed by atoms with Gasteiger partial charge in [0.25, 0.3) is 5.91 Å². The van der Waals surface area contributed by atoms with Crippen molar-refractivity contribution in [2.75, 3.05) is 18.1 Å². The standard InChI is InChI=1S/C18H19NO5S/c20-17(19-16-7-8-25(22,23)12-16)11-24-18(21)10-13-5-6-14-3-1-2-4-15(14)9-13/h1-6,9,16H,7-8,10-12H2,(H,19,20)/t16-/m1/s1. The number of sulfone groups is 1. The van der Waals surface area contributed by atoms with E-state index in [0.29, 0.717) is 6.42 Å². The van der Waals surface area contributed by atoms with Crippen LogP contribution >= 0.6 is 0 Å². The van der Waals surface area contributed by atoms with E-state index in [0.717, 1.165) is 16.3 Å². The number of nitrogens with one attached hydrogen (secondary N) is 1. The molecule has 1 N–H and O–H groups in total. The van der Waals surface area contributed by atoms with Crippen molar-refractivity contribution in [3.05, 3.63) is 48.0 Å². The van der Waals surface area contributed by atoms with Gasteiger partial charge in [-0.15, -0.1) is 0 Å². The zero-order chi connectivity index (χ0) is 17.9. The Balaban J connectivity index is 1.48. The highest BCUT2D eigenvalue weighted by molar-refractivity contribution is 7.91. The van der Waals surface area contributed by atoms with Gasteiger partial charge in [0, 0.05) is 6.04 Å². The summed E-state index contributed by atoms with van der Waals surface area (Å²) in [6.45, 7) is -0.400. The lowest BCUT2D eigenvalue weighted by atomic mass is 10.1. The van der Waals surface area contributed by atoms with E-state index in [2.05, 4.69) is 5.32 Å². The number of amides is 1. The summed E-state index contributed by atoms with van der Waals surface area (Å²) in [6.07, 6.45) is 0.481. The molecule has 1 amide bonds. The number of rotatable bonds is 5. The molecule has 132 valence electrons. The van der Waals surface area contributed by atoms with Crippen molar-refractivity contribution in [2.24, 2.45) is 0 Å². The van der Waals surface area contributed by atoms with E-state index in [9.17, 15) is 18.0 Å². The lowest BCUT2D eigenvalue weighted by Gasteiger charge is -2.11. The highest BCUT2D eigenvalue weighted by Crippen LogP contribution is 2.16. The minimum Gasteiger partial charge on any atom is -0.455 e. The summed E-state index contributed by atoms with van der Waals surface area (Å²) in [5.41, 5.74) is 0.811. The van der Waals surface area contributed by atoms with Crippen molar-refractivity contribution in [3.8, 4) is 0 Å². The minimum absolute atomic E-state index is 0.0518. The molecule has 0 bridgehead atoms. The monoisotopic (exact) mass is 361 g/mol. The van der Waals surface area contributed by atoms with E-state index in [1.54, 1.807) is 0 Å². The molecule has 7 heteroatoms. The Morgan fingerprint density at radius 1 is 1.12 bits per heavy atom. The Morgan fingerprint density at radius 3 is 2.60 bits per heavy atom. The van der Waals surface area contributed by atoms with Crippen molar-refractivity contribution in [1.82, 2.24) is 5.32 Å². The second kappa shape index (κ2) is 7.23. The van der Waals surface area contributed by atoms with Gasteiger partial charge in [0.2, 0.25) is 0 Å². The molecule has 1 aliphatic rings. The third kappa shape index (κ3) is 4.79. The van der Waals surface area contributed by atoms with E-state index < -0.39 is 34.4 Å². The van der Waals surface area contributed by atoms with Gasteiger partial charge in [-0.25, -0.2) is 8.42 Å². The molecule has 25 heavy (non-hydrogen) atoms. The largest absolute Gasteiger partial charge is 0.455 e. The van der Waals surface area contributed by atoms with Crippen LogP contribution in [0.25, 0.3) is 10.8 Å². The van der Waals surface area contributed by atoms with Crippen LogP contribution in [0.2, 0.25) is 0 Å². The first kappa shape index (κ1) is 17.4. The van der Waals surface area contributed by atoms with E-state index in [1.165, 1.54) is 0 Å². The number of carbonyl (C=O) groups excluding carboxylic acids is 2. The first-order valence-corrected chi connectivity index (χ1v) is 9.86. The lowest BCUT2D eigenvalue weighted by molar-refractivity contribution is -0.148. The fourth-order valence-electron chi connectivity index (χ4n) is 2.89. The fourth-order valence-corrected chi connectivity index (χ4v) is 4.56. The number of hydrogen-bond acceptors (Lipinski definition) is 5. The summed E-state index contributed by atoms with van der Waals surface area (Å²) < 4.78 is 27.7. The number of benzene rings is 2. The van der Waals surface area contributed by atoms with Gasteiger partial charge in [-0.05, 0) is 22.8 Å². The van der Waals surface area contributed by atoms with E-state index in [4.69, 9.17) is 4.74 Å². The number of carbonyl (C=O) groups is 2. The molecule has 0 radical (unpaired) electrons. The second-order valence-electron chi connectivity index (χ2n) is 6.19. The number of hydrogen-bond donors (Lipinski definition) is 1. The number of esters is 1. The molecule has 1 saturated heterocycles. The molecule has 2 aromatic carbocycles. The van der Waals surface area contributed by atoms with Gasteiger partial charge in [-0.2, -0.15) is 0 Å². The molecular formula is C18H19NO5S. The van der Waals surface area contributed by atoms with Crippen molar-refractivity contribution < 1.29 is 22.7 Å². The zero-order valence-electron chi connectivity index (χ0n) is 13.6. The predicted molar refractivity (Wildman–Crippen MR) is 93.8 cm³/mol. The first-order chi connectivity index (χ1) is 11.9. The zero-order valence-corrected chi connectivity index (χ0v) is 14.4. The van der Waals surface area contributed by atoms with E-state index >= 15 is 0 Å². The van der Waals surface area contributed by atoms with Crippen LogP contribution in [0.3, 0.4) is 0 Å². The van der Waals surface area contributed by atoms with Gasteiger partial charge in [-0.3, -0.25) is 9.59 Å². The first-order valence-electron chi connectivity index (χ1n) is 8.04. The molecule has 1 aliphatic heterocycles. The number of ether oxygens (including phenoxy) is 1. The Kier molecular flexibility index (Phi) is 5.03. The Hall–Kier alpha value is -2.41. The van der Waals surface area contributed by atoms with Crippen LogP contribution in [-0.4, -0.2) is 44.4 Å². The maximum Gasteiger partial charge on any atom is 0.310 e. The third-order valence-corrected chi connectivity index (χ3v) is 5.89. The minimum atomic E-state index is -3.05.